The summed E-state index contributed by atoms with van der Waals surface area (Å²) in [6.45, 7) is 2.58. The van der Waals surface area contributed by atoms with Crippen LogP contribution in [0.5, 0.6) is 0 Å². The van der Waals surface area contributed by atoms with Crippen LogP contribution in [0.2, 0.25) is 0 Å². The van der Waals surface area contributed by atoms with Crippen LogP contribution in [0, 0.1) is 5.92 Å². The molecular formula is C12H17NO. The van der Waals surface area contributed by atoms with Gasteiger partial charge in [0.2, 0.25) is 0 Å². The zero-order chi connectivity index (χ0) is 9.80. The van der Waals surface area contributed by atoms with E-state index < -0.39 is 0 Å². The first-order chi connectivity index (χ1) is 6.90. The second-order valence-corrected chi connectivity index (χ2v) is 3.98. The standard InChI is InChI=1S/C12H17NO/c13-7-12(6-10-8-14-9-10)11-4-2-1-3-5-11/h1-5,10,12H,6-9,13H2. The average Bonchev–Trinajstić information content (AvgIpc) is 2.18. The topological polar surface area (TPSA) is 35.2 Å². The van der Waals surface area contributed by atoms with Gasteiger partial charge in [-0.3, -0.25) is 0 Å². The van der Waals surface area contributed by atoms with E-state index in [1.807, 2.05) is 6.07 Å². The molecule has 2 rings (SSSR count). The fraction of sp³-hybridized carbons (Fsp3) is 0.500. The van der Waals surface area contributed by atoms with Crippen LogP contribution >= 0.6 is 0 Å². The Morgan fingerprint density at radius 2 is 2.00 bits per heavy atom. The third kappa shape index (κ3) is 2.14. The van der Waals surface area contributed by atoms with Crippen LogP contribution in [-0.4, -0.2) is 19.8 Å². The molecule has 0 spiro atoms. The highest BCUT2D eigenvalue weighted by Gasteiger charge is 2.22. The van der Waals surface area contributed by atoms with Crippen molar-refractivity contribution in [2.24, 2.45) is 11.7 Å². The monoisotopic (exact) mass is 191 g/mol. The van der Waals surface area contributed by atoms with Crippen LogP contribution in [0.25, 0.3) is 0 Å². The minimum atomic E-state index is 0.505. The molecule has 0 radical (unpaired) electrons. The summed E-state index contributed by atoms with van der Waals surface area (Å²) in [5.41, 5.74) is 7.15. The minimum absolute atomic E-state index is 0.505. The highest BCUT2D eigenvalue weighted by Crippen LogP contribution is 2.26. The van der Waals surface area contributed by atoms with Crippen molar-refractivity contribution in [3.63, 3.8) is 0 Å². The minimum Gasteiger partial charge on any atom is -0.381 e. The Bertz CT molecular complexity index is 269. The molecule has 0 saturated carbocycles. The first-order valence-electron chi connectivity index (χ1n) is 5.23. The molecule has 2 N–H and O–H groups in total. The summed E-state index contributed by atoms with van der Waals surface area (Å²) >= 11 is 0. The second-order valence-electron chi connectivity index (χ2n) is 3.98. The van der Waals surface area contributed by atoms with Gasteiger partial charge in [-0.2, -0.15) is 0 Å². The number of hydrogen-bond donors (Lipinski definition) is 1. The predicted molar refractivity (Wildman–Crippen MR) is 57.2 cm³/mol. The molecule has 1 aromatic carbocycles. The Morgan fingerprint density at radius 3 is 2.50 bits per heavy atom. The lowest BCUT2D eigenvalue weighted by atomic mass is 9.88. The molecule has 1 heterocycles. The Hall–Kier alpha value is -0.860. The van der Waals surface area contributed by atoms with Crippen molar-refractivity contribution < 1.29 is 4.74 Å². The van der Waals surface area contributed by atoms with Crippen LogP contribution < -0.4 is 5.73 Å². The largest absolute Gasteiger partial charge is 0.381 e. The van der Waals surface area contributed by atoms with Crippen molar-refractivity contribution in [3.8, 4) is 0 Å². The van der Waals surface area contributed by atoms with Crippen molar-refractivity contribution >= 4 is 0 Å². The molecule has 1 aromatic rings. The highest BCUT2D eigenvalue weighted by molar-refractivity contribution is 5.19. The van der Waals surface area contributed by atoms with Gasteiger partial charge in [-0.25, -0.2) is 0 Å². The first kappa shape index (κ1) is 9.69. The maximum Gasteiger partial charge on any atom is 0.0516 e. The third-order valence-corrected chi connectivity index (χ3v) is 2.88. The van der Waals surface area contributed by atoms with Crippen molar-refractivity contribution in [2.45, 2.75) is 12.3 Å². The fourth-order valence-corrected chi connectivity index (χ4v) is 1.92. The van der Waals surface area contributed by atoms with E-state index in [1.165, 1.54) is 12.0 Å². The van der Waals surface area contributed by atoms with Crippen LogP contribution in [0.1, 0.15) is 17.9 Å². The molecule has 1 unspecified atom stereocenters. The molecule has 14 heavy (non-hydrogen) atoms. The van der Waals surface area contributed by atoms with E-state index in [1.54, 1.807) is 0 Å². The van der Waals surface area contributed by atoms with E-state index >= 15 is 0 Å². The normalized spacial score (nSPS) is 18.9. The Kier molecular flexibility index (Phi) is 3.17. The zero-order valence-corrected chi connectivity index (χ0v) is 8.36. The van der Waals surface area contributed by atoms with Crippen LogP contribution in [0.15, 0.2) is 30.3 Å². The van der Waals surface area contributed by atoms with Gasteiger partial charge in [-0.15, -0.1) is 0 Å². The lowest BCUT2D eigenvalue weighted by Gasteiger charge is -2.29. The van der Waals surface area contributed by atoms with Crippen molar-refractivity contribution in [2.75, 3.05) is 19.8 Å². The van der Waals surface area contributed by atoms with E-state index in [0.717, 1.165) is 25.7 Å². The zero-order valence-electron chi connectivity index (χ0n) is 8.36. The molecule has 1 fully saturated rings. The van der Waals surface area contributed by atoms with Gasteiger partial charge < -0.3 is 10.5 Å². The lowest BCUT2D eigenvalue weighted by Crippen LogP contribution is -2.30. The lowest BCUT2D eigenvalue weighted by molar-refractivity contribution is -0.0382. The van der Waals surface area contributed by atoms with Crippen molar-refractivity contribution in [1.82, 2.24) is 0 Å². The van der Waals surface area contributed by atoms with Gasteiger partial charge in [0.1, 0.15) is 0 Å². The SMILES string of the molecule is NCC(CC1COC1)c1ccccc1. The number of nitrogens with two attached hydrogens (primary N) is 1. The molecule has 0 aromatic heterocycles. The highest BCUT2D eigenvalue weighted by atomic mass is 16.5. The fourth-order valence-electron chi connectivity index (χ4n) is 1.92. The van der Waals surface area contributed by atoms with Gasteiger partial charge in [-0.1, -0.05) is 30.3 Å². The van der Waals surface area contributed by atoms with E-state index in [4.69, 9.17) is 10.5 Å². The molecule has 1 atom stereocenters. The van der Waals surface area contributed by atoms with Crippen molar-refractivity contribution in [3.05, 3.63) is 35.9 Å². The summed E-state index contributed by atoms with van der Waals surface area (Å²) in [5, 5.41) is 0. The van der Waals surface area contributed by atoms with Gasteiger partial charge in [0.25, 0.3) is 0 Å². The maximum atomic E-state index is 5.79. The molecule has 2 nitrogen and oxygen atoms in total. The van der Waals surface area contributed by atoms with Gasteiger partial charge >= 0.3 is 0 Å². The Balaban J connectivity index is 1.98. The molecular weight excluding hydrogens is 174 g/mol. The Morgan fingerprint density at radius 1 is 1.29 bits per heavy atom. The summed E-state index contributed by atoms with van der Waals surface area (Å²) in [6, 6.07) is 10.5. The van der Waals surface area contributed by atoms with E-state index in [-0.39, 0.29) is 0 Å². The second kappa shape index (κ2) is 4.58. The molecule has 1 aliphatic heterocycles. The summed E-state index contributed by atoms with van der Waals surface area (Å²) in [4.78, 5) is 0. The number of benzene rings is 1. The van der Waals surface area contributed by atoms with E-state index in [2.05, 4.69) is 24.3 Å². The third-order valence-electron chi connectivity index (χ3n) is 2.88. The number of hydrogen-bond acceptors (Lipinski definition) is 2. The number of ether oxygens (including phenoxy) is 1. The quantitative estimate of drug-likeness (QED) is 0.787. The predicted octanol–water partition coefficient (Wildman–Crippen LogP) is 1.77. The van der Waals surface area contributed by atoms with Crippen LogP contribution in [0.4, 0.5) is 0 Å². The van der Waals surface area contributed by atoms with Crippen molar-refractivity contribution in [1.29, 1.82) is 0 Å². The van der Waals surface area contributed by atoms with Crippen LogP contribution in [-0.2, 0) is 4.74 Å². The maximum absolute atomic E-state index is 5.79. The van der Waals surface area contributed by atoms with Gasteiger partial charge in [-0.05, 0) is 24.4 Å². The van der Waals surface area contributed by atoms with Gasteiger partial charge in [0, 0.05) is 5.92 Å². The summed E-state index contributed by atoms with van der Waals surface area (Å²) in [5.74, 6) is 1.23. The average molecular weight is 191 g/mol. The van der Waals surface area contributed by atoms with Crippen LogP contribution in [0.3, 0.4) is 0 Å². The first-order valence-corrected chi connectivity index (χ1v) is 5.23. The smallest absolute Gasteiger partial charge is 0.0516 e. The molecule has 0 amide bonds. The number of rotatable bonds is 4. The van der Waals surface area contributed by atoms with E-state index in [0.29, 0.717) is 5.92 Å². The molecule has 1 saturated heterocycles. The summed E-state index contributed by atoms with van der Waals surface area (Å²) < 4.78 is 5.18. The molecule has 2 heteroatoms. The molecule has 0 bridgehead atoms. The van der Waals surface area contributed by atoms with E-state index in [9.17, 15) is 0 Å². The van der Waals surface area contributed by atoms with Gasteiger partial charge in [0.15, 0.2) is 0 Å². The molecule has 0 aliphatic carbocycles. The van der Waals surface area contributed by atoms with Gasteiger partial charge in [0.05, 0.1) is 13.2 Å². The summed E-state index contributed by atoms with van der Waals surface area (Å²) in [6.07, 6.45) is 1.17. The molecule has 1 aliphatic rings. The molecule has 76 valence electrons. The summed E-state index contributed by atoms with van der Waals surface area (Å²) in [7, 11) is 0. The Labute approximate surface area is 85.1 Å².